The number of fused-ring (bicyclic) bond motifs is 1. The first-order chi connectivity index (χ1) is 9.91. The van der Waals surface area contributed by atoms with E-state index in [4.69, 9.17) is 5.73 Å². The largest absolute Gasteiger partial charge is 0.416 e. The Labute approximate surface area is 120 Å². The molecule has 3 N–H and O–H groups in total. The van der Waals surface area contributed by atoms with Crippen LogP contribution in [0.25, 0.3) is 0 Å². The third kappa shape index (κ3) is 3.10. The molecule has 0 saturated carbocycles. The minimum absolute atomic E-state index is 0.138. The third-order valence-electron chi connectivity index (χ3n) is 3.76. The van der Waals surface area contributed by atoms with Crippen molar-refractivity contribution < 1.29 is 13.2 Å². The van der Waals surface area contributed by atoms with Crippen LogP contribution in [0.3, 0.4) is 0 Å². The van der Waals surface area contributed by atoms with E-state index in [-0.39, 0.29) is 6.04 Å². The fraction of sp³-hybridized carbons (Fsp3) is 0.400. The highest BCUT2D eigenvalue weighted by Gasteiger charge is 2.30. The molecule has 1 aromatic carbocycles. The molecule has 21 heavy (non-hydrogen) atoms. The number of alkyl halides is 3. The first kappa shape index (κ1) is 14.1. The van der Waals surface area contributed by atoms with E-state index in [1.54, 1.807) is 6.07 Å². The summed E-state index contributed by atoms with van der Waals surface area (Å²) >= 11 is 0. The zero-order valence-electron chi connectivity index (χ0n) is 11.4. The zero-order valence-corrected chi connectivity index (χ0v) is 11.4. The molecule has 0 saturated heterocycles. The lowest BCUT2D eigenvalue weighted by Gasteiger charge is -2.16. The van der Waals surface area contributed by atoms with Gasteiger partial charge in [0.05, 0.1) is 11.3 Å². The van der Waals surface area contributed by atoms with E-state index in [0.717, 1.165) is 36.7 Å². The van der Waals surface area contributed by atoms with Crippen molar-refractivity contribution in [1.82, 2.24) is 9.97 Å². The van der Waals surface area contributed by atoms with Crippen LogP contribution >= 0.6 is 0 Å². The number of aryl methyl sites for hydroxylation is 1. The Balaban J connectivity index is 1.81. The molecule has 1 atom stereocenters. The Morgan fingerprint density at radius 1 is 1.33 bits per heavy atom. The number of hydrogen-bond donors (Lipinski definition) is 2. The van der Waals surface area contributed by atoms with Gasteiger partial charge in [-0.2, -0.15) is 13.2 Å². The second-order valence-corrected chi connectivity index (χ2v) is 5.49. The fourth-order valence-corrected chi connectivity index (χ4v) is 2.70. The molecule has 1 unspecified atom stereocenters. The van der Waals surface area contributed by atoms with E-state index >= 15 is 0 Å². The lowest BCUT2D eigenvalue weighted by atomic mass is 9.97. The zero-order chi connectivity index (χ0) is 15.0. The van der Waals surface area contributed by atoms with Crippen molar-refractivity contribution in [3.05, 3.63) is 52.6 Å². The monoisotopic (exact) mass is 295 g/mol. The summed E-state index contributed by atoms with van der Waals surface area (Å²) in [6.45, 7) is 0. The number of aromatic nitrogens is 2. The first-order valence-electron chi connectivity index (χ1n) is 6.90. The van der Waals surface area contributed by atoms with Crippen LogP contribution in [0.1, 0.15) is 34.8 Å². The second-order valence-electron chi connectivity index (χ2n) is 5.49. The van der Waals surface area contributed by atoms with Crippen LogP contribution in [-0.2, 0) is 25.4 Å². The van der Waals surface area contributed by atoms with E-state index in [1.165, 1.54) is 12.1 Å². The Hall–Kier alpha value is -1.82. The van der Waals surface area contributed by atoms with Crippen molar-refractivity contribution in [2.75, 3.05) is 0 Å². The molecule has 3 rings (SSSR count). The van der Waals surface area contributed by atoms with Crippen molar-refractivity contribution in [2.45, 2.75) is 37.9 Å². The Kier molecular flexibility index (Phi) is 3.49. The van der Waals surface area contributed by atoms with Gasteiger partial charge in [-0.1, -0.05) is 18.2 Å². The molecule has 1 aliphatic rings. The van der Waals surface area contributed by atoms with Gasteiger partial charge in [0, 0.05) is 24.6 Å². The highest BCUT2D eigenvalue weighted by Crippen LogP contribution is 2.30. The number of benzene rings is 1. The summed E-state index contributed by atoms with van der Waals surface area (Å²) in [4.78, 5) is 7.68. The second kappa shape index (κ2) is 5.18. The van der Waals surface area contributed by atoms with Crippen LogP contribution in [0.5, 0.6) is 0 Å². The number of aromatic amines is 1. The minimum atomic E-state index is -4.31. The smallest absolute Gasteiger partial charge is 0.345 e. The molecule has 2 aromatic rings. The SMILES string of the molecule is NC1CCc2nc(Cc3cccc(C(F)(F)F)c3)[nH]c2C1. The molecule has 1 aromatic heterocycles. The van der Waals surface area contributed by atoms with Crippen LogP contribution in [0.15, 0.2) is 24.3 Å². The molecule has 0 fully saturated rings. The van der Waals surface area contributed by atoms with Crippen LogP contribution in [0, 0.1) is 0 Å². The summed E-state index contributed by atoms with van der Waals surface area (Å²) in [5, 5.41) is 0. The van der Waals surface area contributed by atoms with Crippen molar-refractivity contribution in [2.24, 2.45) is 5.73 Å². The maximum absolute atomic E-state index is 12.7. The van der Waals surface area contributed by atoms with Gasteiger partial charge in [0.1, 0.15) is 5.82 Å². The van der Waals surface area contributed by atoms with Crippen LogP contribution in [0.2, 0.25) is 0 Å². The van der Waals surface area contributed by atoms with Crippen molar-refractivity contribution in [3.63, 3.8) is 0 Å². The minimum Gasteiger partial charge on any atom is -0.345 e. The topological polar surface area (TPSA) is 54.7 Å². The van der Waals surface area contributed by atoms with Gasteiger partial charge in [-0.3, -0.25) is 0 Å². The molecule has 3 nitrogen and oxygen atoms in total. The number of imidazole rings is 1. The number of nitrogens with two attached hydrogens (primary N) is 1. The molecule has 0 radical (unpaired) electrons. The first-order valence-corrected chi connectivity index (χ1v) is 6.90. The molecule has 0 aliphatic heterocycles. The van der Waals surface area contributed by atoms with Crippen molar-refractivity contribution >= 4 is 0 Å². The number of H-pyrrole nitrogens is 1. The number of rotatable bonds is 2. The van der Waals surface area contributed by atoms with Crippen LogP contribution < -0.4 is 5.73 Å². The maximum Gasteiger partial charge on any atom is 0.416 e. The van der Waals surface area contributed by atoms with E-state index in [9.17, 15) is 13.2 Å². The van der Waals surface area contributed by atoms with Gasteiger partial charge < -0.3 is 10.7 Å². The molecule has 112 valence electrons. The summed E-state index contributed by atoms with van der Waals surface area (Å²) < 4.78 is 38.1. The fourth-order valence-electron chi connectivity index (χ4n) is 2.70. The van der Waals surface area contributed by atoms with Gasteiger partial charge in [0.25, 0.3) is 0 Å². The normalized spacial score (nSPS) is 18.6. The predicted molar refractivity (Wildman–Crippen MR) is 72.8 cm³/mol. The molecular formula is C15H16F3N3. The molecule has 6 heteroatoms. The lowest BCUT2D eigenvalue weighted by Crippen LogP contribution is -2.27. The molecule has 1 aliphatic carbocycles. The van der Waals surface area contributed by atoms with Crippen molar-refractivity contribution in [1.29, 1.82) is 0 Å². The van der Waals surface area contributed by atoms with E-state index < -0.39 is 11.7 Å². The number of halogens is 3. The van der Waals surface area contributed by atoms with Gasteiger partial charge in [-0.05, 0) is 24.5 Å². The number of nitrogens with one attached hydrogen (secondary N) is 1. The van der Waals surface area contributed by atoms with Crippen LogP contribution in [-0.4, -0.2) is 16.0 Å². The summed E-state index contributed by atoms with van der Waals surface area (Å²) in [6, 6.07) is 5.50. The van der Waals surface area contributed by atoms with E-state index in [0.29, 0.717) is 17.8 Å². The average Bonchev–Trinajstić information content (AvgIpc) is 2.79. The maximum atomic E-state index is 12.7. The molecule has 0 bridgehead atoms. The molecule has 0 spiro atoms. The molecular weight excluding hydrogens is 279 g/mol. The Morgan fingerprint density at radius 2 is 2.14 bits per heavy atom. The van der Waals surface area contributed by atoms with Crippen LogP contribution in [0.4, 0.5) is 13.2 Å². The van der Waals surface area contributed by atoms with Gasteiger partial charge >= 0.3 is 6.18 Å². The summed E-state index contributed by atoms with van der Waals surface area (Å²) in [5.41, 5.74) is 7.90. The highest BCUT2D eigenvalue weighted by atomic mass is 19.4. The summed E-state index contributed by atoms with van der Waals surface area (Å²) in [6.07, 6.45) is -1.46. The van der Waals surface area contributed by atoms with Crippen molar-refractivity contribution in [3.8, 4) is 0 Å². The quantitative estimate of drug-likeness (QED) is 0.895. The predicted octanol–water partition coefficient (Wildman–Crippen LogP) is 2.84. The highest BCUT2D eigenvalue weighted by molar-refractivity contribution is 5.29. The standard InChI is InChI=1S/C15H16F3N3/c16-15(17,18)10-3-1-2-9(6-10)7-14-20-12-5-4-11(19)8-13(12)21-14/h1-3,6,11H,4-5,7-8,19H2,(H,20,21). The van der Waals surface area contributed by atoms with E-state index in [1.807, 2.05) is 0 Å². The van der Waals surface area contributed by atoms with Gasteiger partial charge in [-0.15, -0.1) is 0 Å². The average molecular weight is 295 g/mol. The molecule has 0 amide bonds. The van der Waals surface area contributed by atoms with Gasteiger partial charge in [0.15, 0.2) is 0 Å². The molecule has 1 heterocycles. The Bertz CT molecular complexity index is 646. The summed E-state index contributed by atoms with van der Waals surface area (Å²) in [5.74, 6) is 0.702. The van der Waals surface area contributed by atoms with E-state index in [2.05, 4.69) is 9.97 Å². The number of nitrogens with zero attached hydrogens (tertiary/aromatic N) is 1. The van der Waals surface area contributed by atoms with Gasteiger partial charge in [-0.25, -0.2) is 4.98 Å². The number of hydrogen-bond acceptors (Lipinski definition) is 2. The lowest BCUT2D eigenvalue weighted by molar-refractivity contribution is -0.137. The third-order valence-corrected chi connectivity index (χ3v) is 3.76. The van der Waals surface area contributed by atoms with Gasteiger partial charge in [0.2, 0.25) is 0 Å². The summed E-state index contributed by atoms with van der Waals surface area (Å²) in [7, 11) is 0. The Morgan fingerprint density at radius 3 is 2.90 bits per heavy atom.